The molecule has 1 heterocycles. The summed E-state index contributed by atoms with van der Waals surface area (Å²) in [5.41, 5.74) is 1.72. The number of nitrogens with zero attached hydrogens (tertiary/aromatic N) is 1. The maximum absolute atomic E-state index is 11.8. The van der Waals surface area contributed by atoms with Crippen LogP contribution in [0.25, 0.3) is 10.9 Å². The summed E-state index contributed by atoms with van der Waals surface area (Å²) in [5, 5.41) is 14.0. The van der Waals surface area contributed by atoms with Gasteiger partial charge in [-0.15, -0.1) is 0 Å². The predicted molar refractivity (Wildman–Crippen MR) is 72.5 cm³/mol. The van der Waals surface area contributed by atoms with E-state index in [4.69, 9.17) is 0 Å². The molecule has 0 aliphatic carbocycles. The molecule has 0 radical (unpaired) electrons. The quantitative estimate of drug-likeness (QED) is 0.754. The zero-order chi connectivity index (χ0) is 13.0. The van der Waals surface area contributed by atoms with Crippen LogP contribution in [0.5, 0.6) is 0 Å². The summed E-state index contributed by atoms with van der Waals surface area (Å²) < 4.78 is 0. The SMILES string of the molecule is CCNC(C)CC(=O)Nc1ccc2cn[nH]c2c1. The lowest BCUT2D eigenvalue weighted by molar-refractivity contribution is -0.116. The molecule has 0 fully saturated rings. The second-order valence-electron chi connectivity index (χ2n) is 4.38. The third-order valence-corrected chi connectivity index (χ3v) is 2.77. The predicted octanol–water partition coefficient (Wildman–Crippen LogP) is 1.89. The molecule has 5 heteroatoms. The number of nitrogens with one attached hydrogen (secondary N) is 3. The van der Waals surface area contributed by atoms with Crippen molar-refractivity contribution in [1.82, 2.24) is 15.5 Å². The largest absolute Gasteiger partial charge is 0.326 e. The van der Waals surface area contributed by atoms with Gasteiger partial charge in [-0.3, -0.25) is 9.89 Å². The molecule has 1 aromatic heterocycles. The molecule has 18 heavy (non-hydrogen) atoms. The van der Waals surface area contributed by atoms with Gasteiger partial charge in [0, 0.05) is 23.5 Å². The average molecular weight is 246 g/mol. The summed E-state index contributed by atoms with van der Waals surface area (Å²) in [4.78, 5) is 11.8. The Labute approximate surface area is 106 Å². The maximum Gasteiger partial charge on any atom is 0.225 e. The lowest BCUT2D eigenvalue weighted by Gasteiger charge is -2.12. The van der Waals surface area contributed by atoms with Crippen molar-refractivity contribution in [2.24, 2.45) is 0 Å². The number of rotatable bonds is 5. The van der Waals surface area contributed by atoms with Crippen molar-refractivity contribution in [2.45, 2.75) is 26.3 Å². The number of benzene rings is 1. The Morgan fingerprint density at radius 3 is 3.11 bits per heavy atom. The number of carbonyl (C=O) groups is 1. The van der Waals surface area contributed by atoms with Crippen LogP contribution in [-0.2, 0) is 4.79 Å². The van der Waals surface area contributed by atoms with Gasteiger partial charge in [0.15, 0.2) is 0 Å². The fourth-order valence-corrected chi connectivity index (χ4v) is 1.93. The second kappa shape index (κ2) is 5.64. The topological polar surface area (TPSA) is 69.8 Å². The Morgan fingerprint density at radius 2 is 2.33 bits per heavy atom. The van der Waals surface area contributed by atoms with Crippen LogP contribution < -0.4 is 10.6 Å². The molecule has 1 atom stereocenters. The highest BCUT2D eigenvalue weighted by molar-refractivity contribution is 5.93. The van der Waals surface area contributed by atoms with Crippen LogP contribution in [-0.4, -0.2) is 28.7 Å². The van der Waals surface area contributed by atoms with Gasteiger partial charge >= 0.3 is 0 Å². The molecule has 3 N–H and O–H groups in total. The first-order chi connectivity index (χ1) is 8.69. The number of anilines is 1. The zero-order valence-electron chi connectivity index (χ0n) is 10.7. The summed E-state index contributed by atoms with van der Waals surface area (Å²) in [6.45, 7) is 4.90. The van der Waals surface area contributed by atoms with E-state index >= 15 is 0 Å². The van der Waals surface area contributed by atoms with Crippen molar-refractivity contribution < 1.29 is 4.79 Å². The molecular weight excluding hydrogens is 228 g/mol. The first-order valence-electron chi connectivity index (χ1n) is 6.15. The Hall–Kier alpha value is -1.88. The van der Waals surface area contributed by atoms with Crippen LogP contribution in [0.3, 0.4) is 0 Å². The van der Waals surface area contributed by atoms with Crippen LogP contribution in [0, 0.1) is 0 Å². The molecule has 1 aromatic carbocycles. The minimum atomic E-state index is 0.0160. The summed E-state index contributed by atoms with van der Waals surface area (Å²) in [5.74, 6) is 0.0160. The first-order valence-corrected chi connectivity index (χ1v) is 6.15. The summed E-state index contributed by atoms with van der Waals surface area (Å²) in [6.07, 6.45) is 2.23. The van der Waals surface area contributed by atoms with Gasteiger partial charge < -0.3 is 10.6 Å². The zero-order valence-corrected chi connectivity index (χ0v) is 10.7. The number of hydrogen-bond donors (Lipinski definition) is 3. The molecule has 5 nitrogen and oxygen atoms in total. The third kappa shape index (κ3) is 3.07. The van der Waals surface area contributed by atoms with E-state index in [0.29, 0.717) is 6.42 Å². The highest BCUT2D eigenvalue weighted by atomic mass is 16.1. The minimum Gasteiger partial charge on any atom is -0.326 e. The van der Waals surface area contributed by atoms with Crippen molar-refractivity contribution in [3.8, 4) is 0 Å². The van der Waals surface area contributed by atoms with Gasteiger partial charge in [-0.2, -0.15) is 5.10 Å². The molecule has 96 valence electrons. The molecule has 0 saturated carbocycles. The number of H-pyrrole nitrogens is 1. The fraction of sp³-hybridized carbons (Fsp3) is 0.385. The van der Waals surface area contributed by atoms with Gasteiger partial charge in [0.1, 0.15) is 0 Å². The van der Waals surface area contributed by atoms with Crippen LogP contribution in [0.2, 0.25) is 0 Å². The highest BCUT2D eigenvalue weighted by Crippen LogP contribution is 2.16. The number of aromatic nitrogens is 2. The van der Waals surface area contributed by atoms with E-state index in [1.54, 1.807) is 6.20 Å². The molecule has 0 aliphatic heterocycles. The monoisotopic (exact) mass is 246 g/mol. The Kier molecular flexibility index (Phi) is 3.94. The maximum atomic E-state index is 11.8. The highest BCUT2D eigenvalue weighted by Gasteiger charge is 2.08. The van der Waals surface area contributed by atoms with Gasteiger partial charge in [-0.1, -0.05) is 6.92 Å². The molecular formula is C13H18N4O. The molecule has 0 saturated heterocycles. The van der Waals surface area contributed by atoms with E-state index in [1.807, 2.05) is 32.0 Å². The van der Waals surface area contributed by atoms with Crippen molar-refractivity contribution >= 4 is 22.5 Å². The normalized spacial score (nSPS) is 12.6. The lowest BCUT2D eigenvalue weighted by atomic mass is 10.2. The summed E-state index contributed by atoms with van der Waals surface area (Å²) >= 11 is 0. The van der Waals surface area contributed by atoms with E-state index in [9.17, 15) is 4.79 Å². The number of aromatic amines is 1. The number of hydrogen-bond acceptors (Lipinski definition) is 3. The molecule has 0 spiro atoms. The van der Waals surface area contributed by atoms with Crippen molar-refractivity contribution in [3.63, 3.8) is 0 Å². The standard InChI is InChI=1S/C13H18N4O/c1-3-14-9(2)6-13(18)16-11-5-4-10-8-15-17-12(10)7-11/h4-5,7-9,14H,3,6H2,1-2H3,(H,15,17)(H,16,18). The first kappa shape index (κ1) is 12.6. The lowest BCUT2D eigenvalue weighted by Crippen LogP contribution is -2.30. The Balaban J connectivity index is 1.97. The molecule has 1 unspecified atom stereocenters. The number of amides is 1. The molecule has 0 aliphatic rings. The Bertz CT molecular complexity index is 535. The minimum absolute atomic E-state index is 0.0160. The van der Waals surface area contributed by atoms with Gasteiger partial charge in [-0.05, 0) is 31.7 Å². The summed E-state index contributed by atoms with van der Waals surface area (Å²) in [7, 11) is 0. The van der Waals surface area contributed by atoms with Crippen LogP contribution in [0.15, 0.2) is 24.4 Å². The Morgan fingerprint density at radius 1 is 1.50 bits per heavy atom. The molecule has 1 amide bonds. The van der Waals surface area contributed by atoms with E-state index in [2.05, 4.69) is 20.8 Å². The second-order valence-corrected chi connectivity index (χ2v) is 4.38. The van der Waals surface area contributed by atoms with Crippen LogP contribution in [0.4, 0.5) is 5.69 Å². The molecule has 0 bridgehead atoms. The molecule has 2 rings (SSSR count). The van der Waals surface area contributed by atoms with Gasteiger partial charge in [0.05, 0.1) is 11.7 Å². The summed E-state index contributed by atoms with van der Waals surface area (Å²) in [6, 6.07) is 5.89. The number of fused-ring (bicyclic) bond motifs is 1. The van der Waals surface area contributed by atoms with E-state index in [-0.39, 0.29) is 11.9 Å². The third-order valence-electron chi connectivity index (χ3n) is 2.77. The fourth-order valence-electron chi connectivity index (χ4n) is 1.93. The average Bonchev–Trinajstić information content (AvgIpc) is 2.76. The van der Waals surface area contributed by atoms with Gasteiger partial charge in [0.2, 0.25) is 5.91 Å². The smallest absolute Gasteiger partial charge is 0.225 e. The van der Waals surface area contributed by atoms with Gasteiger partial charge in [0.25, 0.3) is 0 Å². The van der Waals surface area contributed by atoms with E-state index < -0.39 is 0 Å². The van der Waals surface area contributed by atoms with Gasteiger partial charge in [-0.25, -0.2) is 0 Å². The number of carbonyl (C=O) groups excluding carboxylic acids is 1. The van der Waals surface area contributed by atoms with Crippen molar-refractivity contribution in [3.05, 3.63) is 24.4 Å². The van der Waals surface area contributed by atoms with Crippen molar-refractivity contribution in [1.29, 1.82) is 0 Å². The van der Waals surface area contributed by atoms with E-state index in [0.717, 1.165) is 23.1 Å². The van der Waals surface area contributed by atoms with E-state index in [1.165, 1.54) is 0 Å². The van der Waals surface area contributed by atoms with Crippen LogP contribution >= 0.6 is 0 Å². The van der Waals surface area contributed by atoms with Crippen LogP contribution in [0.1, 0.15) is 20.3 Å². The molecule has 2 aromatic rings. The van der Waals surface area contributed by atoms with Crippen molar-refractivity contribution in [2.75, 3.05) is 11.9 Å².